The number of nitrogens with zero attached hydrogens (tertiary/aromatic N) is 1. The van der Waals surface area contributed by atoms with E-state index < -0.39 is 6.10 Å². The molecule has 3 atom stereocenters. The Bertz CT molecular complexity index is 229. The van der Waals surface area contributed by atoms with Crippen molar-refractivity contribution in [2.24, 2.45) is 11.8 Å². The molecule has 12 heavy (non-hydrogen) atoms. The molecule has 1 aliphatic carbocycles. The highest BCUT2D eigenvalue weighted by atomic mass is 16.3. The quantitative estimate of drug-likeness (QED) is 0.560. The molecule has 0 bridgehead atoms. The van der Waals surface area contributed by atoms with Gasteiger partial charge in [-0.2, -0.15) is 0 Å². The van der Waals surface area contributed by atoms with E-state index in [1.165, 1.54) is 4.90 Å². The first-order chi connectivity index (χ1) is 5.61. The normalized spacial score (nSPS) is 35.3. The smallest absolute Gasteiger partial charge is 0.233 e. The monoisotopic (exact) mass is 169 g/mol. The molecule has 1 saturated heterocycles. The summed E-state index contributed by atoms with van der Waals surface area (Å²) in [7, 11) is 0. The van der Waals surface area contributed by atoms with Crippen molar-refractivity contribution in [1.82, 2.24) is 4.90 Å². The van der Waals surface area contributed by atoms with Crippen LogP contribution in [0.1, 0.15) is 13.3 Å². The average molecular weight is 169 g/mol. The summed E-state index contributed by atoms with van der Waals surface area (Å²) in [6.07, 6.45) is 0.115. The number of piperidine rings is 1. The van der Waals surface area contributed by atoms with Crippen LogP contribution >= 0.6 is 0 Å². The second kappa shape index (κ2) is 2.29. The summed E-state index contributed by atoms with van der Waals surface area (Å²) in [5.41, 5.74) is 0. The van der Waals surface area contributed by atoms with E-state index in [9.17, 15) is 9.59 Å². The molecular formula is C8H11NO3. The van der Waals surface area contributed by atoms with Gasteiger partial charge in [-0.15, -0.1) is 0 Å². The van der Waals surface area contributed by atoms with Gasteiger partial charge in [0.1, 0.15) is 0 Å². The van der Waals surface area contributed by atoms with Crippen molar-refractivity contribution in [2.75, 3.05) is 6.54 Å². The molecule has 2 unspecified atom stereocenters. The maximum absolute atomic E-state index is 11.3. The molecule has 2 amide bonds. The summed E-state index contributed by atoms with van der Waals surface area (Å²) in [6.45, 7) is 1.73. The first-order valence-corrected chi connectivity index (χ1v) is 4.14. The highest BCUT2D eigenvalue weighted by Crippen LogP contribution is 2.46. The summed E-state index contributed by atoms with van der Waals surface area (Å²) in [5.74, 6) is -0.274. The minimum atomic E-state index is -0.615. The largest absolute Gasteiger partial charge is 0.392 e. The van der Waals surface area contributed by atoms with Crippen molar-refractivity contribution in [3.63, 3.8) is 0 Å². The van der Waals surface area contributed by atoms with E-state index in [1.807, 2.05) is 0 Å². The number of amides is 2. The highest BCUT2D eigenvalue weighted by Gasteiger charge is 2.58. The third-order valence-corrected chi connectivity index (χ3v) is 2.40. The molecule has 0 aromatic carbocycles. The summed E-state index contributed by atoms with van der Waals surface area (Å²) in [6, 6.07) is 0. The topological polar surface area (TPSA) is 57.6 Å². The second-order valence-electron chi connectivity index (χ2n) is 3.58. The maximum Gasteiger partial charge on any atom is 0.233 e. The van der Waals surface area contributed by atoms with E-state index in [4.69, 9.17) is 5.11 Å². The summed E-state index contributed by atoms with van der Waals surface area (Å²) < 4.78 is 0. The fourth-order valence-electron chi connectivity index (χ4n) is 1.69. The zero-order valence-corrected chi connectivity index (χ0v) is 6.86. The number of hydrogen-bond acceptors (Lipinski definition) is 3. The van der Waals surface area contributed by atoms with E-state index in [2.05, 4.69) is 0 Å². The molecule has 1 N–H and O–H groups in total. The Balaban J connectivity index is 2.07. The Labute approximate surface area is 70.2 Å². The fraction of sp³-hybridized carbons (Fsp3) is 0.750. The number of β-amino-alcohol motifs (C(OH)–C–C–N with tert-alkyl or cyclic N) is 1. The SMILES string of the molecule is C[C@H](O)CN1C(=O)C2CC2C1=O. The lowest BCUT2D eigenvalue weighted by Gasteiger charge is -2.17. The third-order valence-electron chi connectivity index (χ3n) is 2.40. The molecule has 1 saturated carbocycles. The van der Waals surface area contributed by atoms with Crippen molar-refractivity contribution >= 4 is 11.8 Å². The third kappa shape index (κ3) is 0.948. The first-order valence-electron chi connectivity index (χ1n) is 4.14. The van der Waals surface area contributed by atoms with Gasteiger partial charge in [-0.3, -0.25) is 14.5 Å². The number of hydrogen-bond donors (Lipinski definition) is 1. The van der Waals surface area contributed by atoms with E-state index in [0.717, 1.165) is 6.42 Å². The summed E-state index contributed by atoms with van der Waals surface area (Å²) in [5, 5.41) is 9.00. The van der Waals surface area contributed by atoms with Gasteiger partial charge in [0.25, 0.3) is 0 Å². The minimum absolute atomic E-state index is 0.0451. The Hall–Kier alpha value is -0.900. The van der Waals surface area contributed by atoms with Crippen molar-refractivity contribution in [3.8, 4) is 0 Å². The number of fused-ring (bicyclic) bond motifs is 1. The molecule has 0 spiro atoms. The molecule has 2 rings (SSSR count). The molecule has 1 aliphatic heterocycles. The van der Waals surface area contributed by atoms with Crippen molar-refractivity contribution < 1.29 is 14.7 Å². The maximum atomic E-state index is 11.3. The van der Waals surface area contributed by atoms with Crippen LogP contribution < -0.4 is 0 Å². The van der Waals surface area contributed by atoms with Gasteiger partial charge in [0.15, 0.2) is 0 Å². The van der Waals surface area contributed by atoms with Crippen LogP contribution in [0.25, 0.3) is 0 Å². The Morgan fingerprint density at radius 1 is 1.50 bits per heavy atom. The standard InChI is InChI=1S/C8H11NO3/c1-4(10)3-9-7(11)5-2-6(5)8(9)12/h4-6,10H,2-3H2,1H3/t4-,5?,6?/m0/s1. The number of carbonyl (C=O) groups excluding carboxylic acids is 2. The fourth-order valence-corrected chi connectivity index (χ4v) is 1.69. The van der Waals surface area contributed by atoms with Crippen LogP contribution in [0.3, 0.4) is 0 Å². The Morgan fingerprint density at radius 3 is 2.42 bits per heavy atom. The number of carbonyl (C=O) groups is 2. The second-order valence-corrected chi connectivity index (χ2v) is 3.58. The van der Waals surface area contributed by atoms with Gasteiger partial charge in [-0.1, -0.05) is 0 Å². The predicted molar refractivity (Wildman–Crippen MR) is 40.0 cm³/mol. The van der Waals surface area contributed by atoms with Gasteiger partial charge in [-0.05, 0) is 13.3 Å². The van der Waals surface area contributed by atoms with Crippen LogP contribution in [0.15, 0.2) is 0 Å². The zero-order chi connectivity index (χ0) is 8.88. The van der Waals surface area contributed by atoms with E-state index in [0.29, 0.717) is 0 Å². The Morgan fingerprint density at radius 2 is 2.00 bits per heavy atom. The van der Waals surface area contributed by atoms with Gasteiger partial charge < -0.3 is 5.11 Å². The number of rotatable bonds is 2. The summed E-state index contributed by atoms with van der Waals surface area (Å²) >= 11 is 0. The zero-order valence-electron chi connectivity index (χ0n) is 6.86. The van der Waals surface area contributed by atoms with Gasteiger partial charge in [0, 0.05) is 0 Å². The van der Waals surface area contributed by atoms with Crippen LogP contribution in [0.2, 0.25) is 0 Å². The van der Waals surface area contributed by atoms with Crippen molar-refractivity contribution in [2.45, 2.75) is 19.4 Å². The van der Waals surface area contributed by atoms with Crippen LogP contribution in [-0.2, 0) is 9.59 Å². The van der Waals surface area contributed by atoms with Gasteiger partial charge in [-0.25, -0.2) is 0 Å². The number of likely N-dealkylation sites (tertiary alicyclic amines) is 1. The van der Waals surface area contributed by atoms with E-state index in [-0.39, 0.29) is 30.2 Å². The van der Waals surface area contributed by atoms with Crippen molar-refractivity contribution in [3.05, 3.63) is 0 Å². The molecule has 66 valence electrons. The van der Waals surface area contributed by atoms with E-state index in [1.54, 1.807) is 6.92 Å². The molecule has 2 aliphatic rings. The molecular weight excluding hydrogens is 158 g/mol. The average Bonchev–Trinajstić information content (AvgIpc) is 2.71. The molecule has 4 nitrogen and oxygen atoms in total. The number of aliphatic hydroxyl groups excluding tert-OH is 1. The van der Waals surface area contributed by atoms with Gasteiger partial charge >= 0.3 is 0 Å². The van der Waals surface area contributed by atoms with Crippen LogP contribution in [0.5, 0.6) is 0 Å². The van der Waals surface area contributed by atoms with Crippen molar-refractivity contribution in [1.29, 1.82) is 0 Å². The lowest BCUT2D eigenvalue weighted by Crippen LogP contribution is -2.38. The molecule has 0 radical (unpaired) electrons. The molecule has 4 heteroatoms. The first kappa shape index (κ1) is 7.73. The number of aliphatic hydroxyl groups is 1. The van der Waals surface area contributed by atoms with Gasteiger partial charge in [0.05, 0.1) is 24.5 Å². The van der Waals surface area contributed by atoms with Crippen LogP contribution in [0.4, 0.5) is 0 Å². The minimum Gasteiger partial charge on any atom is -0.392 e. The van der Waals surface area contributed by atoms with Crippen LogP contribution in [0, 0.1) is 11.8 Å². The summed E-state index contributed by atoms with van der Waals surface area (Å²) in [4.78, 5) is 23.8. The number of imide groups is 1. The highest BCUT2D eigenvalue weighted by molar-refractivity contribution is 6.08. The molecule has 0 aromatic rings. The van der Waals surface area contributed by atoms with Crippen LogP contribution in [-0.4, -0.2) is 34.5 Å². The predicted octanol–water partition coefficient (Wildman–Crippen LogP) is -0.628. The molecule has 1 heterocycles. The molecule has 0 aromatic heterocycles. The lowest BCUT2D eigenvalue weighted by molar-refractivity contribution is -0.142. The Kier molecular flexibility index (Phi) is 1.48. The van der Waals surface area contributed by atoms with E-state index >= 15 is 0 Å². The van der Waals surface area contributed by atoms with Gasteiger partial charge in [0.2, 0.25) is 11.8 Å². The molecule has 2 fully saturated rings. The lowest BCUT2D eigenvalue weighted by atomic mass is 10.3.